The van der Waals surface area contributed by atoms with Crippen LogP contribution in [0.3, 0.4) is 0 Å². The molecule has 0 heterocycles. The molecule has 5 nitrogen and oxygen atoms in total. The molecule has 0 amide bonds. The van der Waals surface area contributed by atoms with Crippen LogP contribution >= 0.6 is 0 Å². The normalized spacial score (nSPS) is 11.5. The van der Waals surface area contributed by atoms with E-state index in [4.69, 9.17) is 9.47 Å². The molecule has 0 aliphatic heterocycles. The lowest BCUT2D eigenvalue weighted by atomic mass is 10.2. The van der Waals surface area contributed by atoms with Crippen LogP contribution in [0.25, 0.3) is 0 Å². The summed E-state index contributed by atoms with van der Waals surface area (Å²) in [5.41, 5.74) is 0.483. The van der Waals surface area contributed by atoms with E-state index in [1.165, 1.54) is 7.11 Å². The number of carbonyl (C=O) groups excluding carboxylic acids is 2. The Morgan fingerprint density at radius 1 is 1.39 bits per heavy atom. The molecule has 0 aromatic heterocycles. The van der Waals surface area contributed by atoms with Crippen LogP contribution in [-0.2, 0) is 9.53 Å². The fourth-order valence-electron chi connectivity index (χ4n) is 1.37. The van der Waals surface area contributed by atoms with Gasteiger partial charge in [-0.25, -0.2) is 4.79 Å². The van der Waals surface area contributed by atoms with Gasteiger partial charge < -0.3 is 14.2 Å². The van der Waals surface area contributed by atoms with E-state index in [0.717, 1.165) is 6.29 Å². The minimum absolute atomic E-state index is 0.403. The molecule has 0 N–H and O–H groups in total. The second kappa shape index (κ2) is 6.64. The van der Waals surface area contributed by atoms with Crippen molar-refractivity contribution in [1.29, 1.82) is 0 Å². The summed E-state index contributed by atoms with van der Waals surface area (Å²) in [4.78, 5) is 21.9. The molecule has 0 unspecified atom stereocenters. The molecular weight excluding hydrogens is 236 g/mol. The van der Waals surface area contributed by atoms with Crippen molar-refractivity contribution in [3.63, 3.8) is 0 Å². The molecule has 0 spiro atoms. The summed E-state index contributed by atoms with van der Waals surface area (Å²) >= 11 is 0. The lowest BCUT2D eigenvalue weighted by molar-refractivity contribution is -0.147. The van der Waals surface area contributed by atoms with Gasteiger partial charge in [0.1, 0.15) is 6.29 Å². The van der Waals surface area contributed by atoms with Gasteiger partial charge in [-0.05, 0) is 32.0 Å². The first-order valence-corrected chi connectivity index (χ1v) is 5.58. The summed E-state index contributed by atoms with van der Waals surface area (Å²) in [5.74, 6) is 0.357. The summed E-state index contributed by atoms with van der Waals surface area (Å²) in [6, 6.07) is 4.75. The average Bonchev–Trinajstić information content (AvgIpc) is 2.39. The molecule has 5 heteroatoms. The van der Waals surface area contributed by atoms with Gasteiger partial charge in [0, 0.05) is 5.56 Å². The first-order chi connectivity index (χ1) is 8.62. The number of ether oxygens (including phenoxy) is 3. The Bertz CT molecular complexity index is 427. The summed E-state index contributed by atoms with van der Waals surface area (Å²) < 4.78 is 15.4. The Morgan fingerprint density at radius 3 is 2.67 bits per heavy atom. The lowest BCUT2D eigenvalue weighted by Crippen LogP contribution is -2.25. The molecule has 1 aromatic rings. The largest absolute Gasteiger partial charge is 0.490 e. The van der Waals surface area contributed by atoms with Crippen LogP contribution in [0.5, 0.6) is 11.5 Å². The monoisotopic (exact) mass is 252 g/mol. The maximum Gasteiger partial charge on any atom is 0.346 e. The van der Waals surface area contributed by atoms with Gasteiger partial charge in [0.05, 0.1) is 13.7 Å². The highest BCUT2D eigenvalue weighted by molar-refractivity contribution is 5.77. The van der Waals surface area contributed by atoms with Crippen LogP contribution < -0.4 is 9.47 Å². The molecule has 1 rings (SSSR count). The highest BCUT2D eigenvalue weighted by Gasteiger charge is 2.17. The maximum atomic E-state index is 11.3. The van der Waals surface area contributed by atoms with Gasteiger partial charge in [0.2, 0.25) is 0 Å². The summed E-state index contributed by atoms with van der Waals surface area (Å²) in [6.45, 7) is 3.83. The predicted octanol–water partition coefficient (Wildman–Crippen LogP) is 1.84. The molecule has 0 fully saturated rings. The Labute approximate surface area is 106 Å². The van der Waals surface area contributed by atoms with Crippen molar-refractivity contribution in [2.45, 2.75) is 20.0 Å². The number of benzene rings is 1. The molecule has 98 valence electrons. The van der Waals surface area contributed by atoms with E-state index in [-0.39, 0.29) is 0 Å². The minimum atomic E-state index is -0.740. The zero-order valence-electron chi connectivity index (χ0n) is 10.6. The standard InChI is InChI=1S/C13H16O5/c1-4-17-12-7-10(8-14)5-6-11(12)18-9(2)13(15)16-3/h5-9H,4H2,1-3H3/t9-/m1/s1. The average molecular weight is 252 g/mol. The van der Waals surface area contributed by atoms with Gasteiger partial charge in [0.25, 0.3) is 0 Å². The predicted molar refractivity (Wildman–Crippen MR) is 65.1 cm³/mol. The third-order valence-electron chi connectivity index (χ3n) is 2.24. The molecule has 1 atom stereocenters. The van der Waals surface area contributed by atoms with Gasteiger partial charge in [-0.15, -0.1) is 0 Å². The van der Waals surface area contributed by atoms with Crippen molar-refractivity contribution in [1.82, 2.24) is 0 Å². The SMILES string of the molecule is CCOc1cc(C=O)ccc1O[C@H](C)C(=O)OC. The zero-order valence-corrected chi connectivity index (χ0v) is 10.6. The molecule has 0 aliphatic rings. The highest BCUT2D eigenvalue weighted by atomic mass is 16.6. The molecule has 0 radical (unpaired) electrons. The lowest BCUT2D eigenvalue weighted by Gasteiger charge is -2.15. The summed E-state index contributed by atoms with van der Waals surface area (Å²) in [6.07, 6.45) is -0.0213. The van der Waals surface area contributed by atoms with E-state index in [0.29, 0.717) is 23.7 Å². The number of aldehydes is 1. The van der Waals surface area contributed by atoms with Crippen molar-refractivity contribution < 1.29 is 23.8 Å². The molecule has 0 saturated heterocycles. The topological polar surface area (TPSA) is 61.8 Å². The Morgan fingerprint density at radius 2 is 2.11 bits per heavy atom. The maximum absolute atomic E-state index is 11.3. The molecular formula is C13H16O5. The van der Waals surface area contributed by atoms with E-state index < -0.39 is 12.1 Å². The van der Waals surface area contributed by atoms with Crippen LogP contribution in [-0.4, -0.2) is 32.1 Å². The number of carbonyl (C=O) groups is 2. The molecule has 1 aromatic carbocycles. The zero-order chi connectivity index (χ0) is 13.5. The Balaban J connectivity index is 2.93. The van der Waals surface area contributed by atoms with Crippen LogP contribution in [0.1, 0.15) is 24.2 Å². The van der Waals surface area contributed by atoms with E-state index >= 15 is 0 Å². The first-order valence-electron chi connectivity index (χ1n) is 5.58. The highest BCUT2D eigenvalue weighted by Crippen LogP contribution is 2.29. The minimum Gasteiger partial charge on any atom is -0.490 e. The Kier molecular flexibility index (Phi) is 5.17. The quantitative estimate of drug-likeness (QED) is 0.571. The van der Waals surface area contributed by atoms with E-state index in [9.17, 15) is 9.59 Å². The van der Waals surface area contributed by atoms with Gasteiger partial charge in [-0.1, -0.05) is 0 Å². The molecule has 0 aliphatic carbocycles. The van der Waals surface area contributed by atoms with E-state index in [1.807, 2.05) is 6.92 Å². The van der Waals surface area contributed by atoms with Gasteiger partial charge >= 0.3 is 5.97 Å². The molecule has 0 bridgehead atoms. The first kappa shape index (κ1) is 14.0. The van der Waals surface area contributed by atoms with Crippen LogP contribution in [0, 0.1) is 0 Å². The van der Waals surface area contributed by atoms with Crippen molar-refractivity contribution in [3.8, 4) is 11.5 Å². The van der Waals surface area contributed by atoms with Crippen molar-refractivity contribution in [2.75, 3.05) is 13.7 Å². The number of rotatable bonds is 6. The van der Waals surface area contributed by atoms with E-state index in [1.54, 1.807) is 25.1 Å². The van der Waals surface area contributed by atoms with Crippen LogP contribution in [0.4, 0.5) is 0 Å². The van der Waals surface area contributed by atoms with E-state index in [2.05, 4.69) is 4.74 Å². The number of hydrogen-bond donors (Lipinski definition) is 0. The van der Waals surface area contributed by atoms with Crippen molar-refractivity contribution in [3.05, 3.63) is 23.8 Å². The van der Waals surface area contributed by atoms with Crippen molar-refractivity contribution in [2.24, 2.45) is 0 Å². The number of methoxy groups -OCH3 is 1. The van der Waals surface area contributed by atoms with Crippen LogP contribution in [0.2, 0.25) is 0 Å². The van der Waals surface area contributed by atoms with Crippen molar-refractivity contribution >= 4 is 12.3 Å². The molecule has 0 saturated carbocycles. The number of hydrogen-bond acceptors (Lipinski definition) is 5. The molecule has 18 heavy (non-hydrogen) atoms. The third kappa shape index (κ3) is 3.48. The van der Waals surface area contributed by atoms with Crippen LogP contribution in [0.15, 0.2) is 18.2 Å². The van der Waals surface area contributed by atoms with Gasteiger partial charge in [-0.3, -0.25) is 4.79 Å². The fourth-order valence-corrected chi connectivity index (χ4v) is 1.37. The second-order valence-corrected chi connectivity index (χ2v) is 3.54. The van der Waals surface area contributed by atoms with Gasteiger partial charge in [-0.2, -0.15) is 0 Å². The number of esters is 1. The second-order valence-electron chi connectivity index (χ2n) is 3.54. The smallest absolute Gasteiger partial charge is 0.346 e. The Hall–Kier alpha value is -2.04. The summed E-state index contributed by atoms with van der Waals surface area (Å²) in [7, 11) is 1.29. The summed E-state index contributed by atoms with van der Waals surface area (Å²) in [5, 5.41) is 0. The fraction of sp³-hybridized carbons (Fsp3) is 0.385. The van der Waals surface area contributed by atoms with Gasteiger partial charge in [0.15, 0.2) is 17.6 Å². The third-order valence-corrected chi connectivity index (χ3v) is 2.24.